The molecule has 0 spiro atoms. The lowest BCUT2D eigenvalue weighted by Crippen LogP contribution is -2.47. The second kappa shape index (κ2) is 25.0. The third-order valence-electron chi connectivity index (χ3n) is 8.60. The van der Waals surface area contributed by atoms with Gasteiger partial charge in [-0.25, -0.2) is 4.79 Å². The molecule has 2 amide bonds. The Morgan fingerprint density at radius 3 is 2.29 bits per heavy atom. The van der Waals surface area contributed by atoms with Crippen LogP contribution in [0, 0.1) is 17.8 Å². The second-order valence-electron chi connectivity index (χ2n) is 13.8. The summed E-state index contributed by atoms with van der Waals surface area (Å²) in [5.41, 5.74) is 4.58. The van der Waals surface area contributed by atoms with Gasteiger partial charge in [-0.2, -0.15) is 0 Å². The van der Waals surface area contributed by atoms with Crippen LogP contribution in [0.5, 0.6) is 0 Å². The average Bonchev–Trinajstić information content (AvgIpc) is 3.09. The fourth-order valence-corrected chi connectivity index (χ4v) is 5.39. The molecular formula is C43H64N2O6. The minimum Gasteiger partial charge on any atom is -0.454 e. The lowest BCUT2D eigenvalue weighted by Gasteiger charge is -2.23. The van der Waals surface area contributed by atoms with Crippen molar-refractivity contribution >= 4 is 18.3 Å². The molecule has 51 heavy (non-hydrogen) atoms. The summed E-state index contributed by atoms with van der Waals surface area (Å²) in [6.45, 7) is 17.9. The molecule has 0 aliphatic carbocycles. The molecule has 0 aromatic heterocycles. The van der Waals surface area contributed by atoms with Gasteiger partial charge in [0.1, 0.15) is 12.1 Å². The Morgan fingerprint density at radius 2 is 1.65 bits per heavy atom. The SMILES string of the molecule is CO[C@@H]1/C=C(C)/C=C/[C@@H](C)/C=C(\C)C(=O)O[C@H](/C(C)=C\C=C(\C)CNC(=O)[C@@H](NC=O)C(C)C)[C@@H](C)/C=C/C=C/[C@H](OC)CC/C=C(C)/C=C/C1. The summed E-state index contributed by atoms with van der Waals surface area (Å²) in [6, 6.07) is -0.603. The minimum atomic E-state index is -0.603. The van der Waals surface area contributed by atoms with Gasteiger partial charge in [0.25, 0.3) is 0 Å². The Bertz CT molecular complexity index is 1390. The Labute approximate surface area is 308 Å². The molecule has 0 saturated heterocycles. The van der Waals surface area contributed by atoms with Crippen molar-refractivity contribution in [3.63, 3.8) is 0 Å². The van der Waals surface area contributed by atoms with Crippen molar-refractivity contribution in [3.8, 4) is 0 Å². The van der Waals surface area contributed by atoms with Gasteiger partial charge in [-0.1, -0.05) is 123 Å². The first-order valence-electron chi connectivity index (χ1n) is 18.0. The number of nitrogens with one attached hydrogen (secondary N) is 2. The van der Waals surface area contributed by atoms with Crippen molar-refractivity contribution in [2.45, 2.75) is 106 Å². The third kappa shape index (κ3) is 18.7. The highest BCUT2D eigenvalue weighted by Gasteiger charge is 2.23. The van der Waals surface area contributed by atoms with E-state index in [-0.39, 0.29) is 41.8 Å². The van der Waals surface area contributed by atoms with Crippen LogP contribution in [0.2, 0.25) is 0 Å². The number of allylic oxidation sites excluding steroid dienone is 11. The molecule has 0 radical (unpaired) electrons. The minimum absolute atomic E-state index is 0.00390. The predicted molar refractivity (Wildman–Crippen MR) is 210 cm³/mol. The number of methoxy groups -OCH3 is 2. The molecular weight excluding hydrogens is 640 g/mol. The molecule has 1 aliphatic heterocycles. The van der Waals surface area contributed by atoms with Crippen LogP contribution in [0.3, 0.4) is 0 Å². The topological polar surface area (TPSA) is 103 Å². The van der Waals surface area contributed by atoms with Gasteiger partial charge in [-0.15, -0.1) is 0 Å². The summed E-state index contributed by atoms with van der Waals surface area (Å²) in [5, 5.41) is 5.47. The lowest BCUT2D eigenvalue weighted by molar-refractivity contribution is -0.144. The van der Waals surface area contributed by atoms with Crippen LogP contribution >= 0.6 is 0 Å². The molecule has 0 aromatic carbocycles. The monoisotopic (exact) mass is 704 g/mol. The van der Waals surface area contributed by atoms with Crippen LogP contribution in [0.15, 0.2) is 107 Å². The highest BCUT2D eigenvalue weighted by molar-refractivity contribution is 5.88. The number of amides is 2. The van der Waals surface area contributed by atoms with E-state index in [1.807, 2.05) is 91.0 Å². The van der Waals surface area contributed by atoms with Crippen molar-refractivity contribution < 1.29 is 28.6 Å². The molecule has 0 aromatic rings. The van der Waals surface area contributed by atoms with E-state index in [2.05, 4.69) is 54.0 Å². The molecule has 0 fully saturated rings. The summed E-state index contributed by atoms with van der Waals surface area (Å²) in [4.78, 5) is 37.0. The first-order chi connectivity index (χ1) is 24.2. The first-order valence-corrected chi connectivity index (χ1v) is 18.0. The van der Waals surface area contributed by atoms with Gasteiger partial charge in [0, 0.05) is 32.3 Å². The van der Waals surface area contributed by atoms with Crippen LogP contribution in [-0.2, 0) is 28.6 Å². The highest BCUT2D eigenvalue weighted by atomic mass is 16.5. The molecule has 2 N–H and O–H groups in total. The maximum absolute atomic E-state index is 13.4. The maximum atomic E-state index is 13.4. The standard InChI is InChI=1S/C43H64N2O6/c1-30(2)40(45-29-46)42(47)44-28-34(6)24-25-36(8)41-35(7)18-12-13-19-38(49-10)20-14-16-31(3)17-15-21-39(50-11)27-33(5)23-22-32(4)26-37(9)43(48)51-41/h12-13,15-19,22-27,29-30,32,35,38-41H,14,20-21,28H2,1-11H3,(H,44,47)(H,45,46)/b17-15+,18-12+,19-13+,23-22+,31-16+,33-27+,34-24-,36-25-,37-26+/t32-,35+,38+,39+,40+,41+/m1/s1. The number of cyclic esters (lactones) is 1. The van der Waals surface area contributed by atoms with Gasteiger partial charge in [-0.3, -0.25) is 9.59 Å². The van der Waals surface area contributed by atoms with Crippen LogP contribution in [0.1, 0.15) is 81.6 Å². The zero-order chi connectivity index (χ0) is 38.3. The van der Waals surface area contributed by atoms with Gasteiger partial charge in [0.15, 0.2) is 0 Å². The van der Waals surface area contributed by atoms with Crippen LogP contribution in [0.4, 0.5) is 0 Å². The lowest BCUT2D eigenvalue weighted by atomic mass is 9.96. The largest absolute Gasteiger partial charge is 0.454 e. The molecule has 1 heterocycles. The summed E-state index contributed by atoms with van der Waals surface area (Å²) < 4.78 is 17.6. The average molecular weight is 705 g/mol. The van der Waals surface area contributed by atoms with E-state index in [1.165, 1.54) is 5.57 Å². The first kappa shape index (κ1) is 45.0. The van der Waals surface area contributed by atoms with E-state index < -0.39 is 12.1 Å². The molecule has 1 aliphatic rings. The summed E-state index contributed by atoms with van der Waals surface area (Å²) in [7, 11) is 3.44. The number of carbonyl (C=O) groups is 3. The van der Waals surface area contributed by atoms with E-state index in [1.54, 1.807) is 21.1 Å². The molecule has 8 heteroatoms. The van der Waals surface area contributed by atoms with Crippen molar-refractivity contribution in [1.82, 2.24) is 10.6 Å². The number of rotatable bonds is 10. The van der Waals surface area contributed by atoms with Crippen LogP contribution in [-0.4, -0.2) is 63.4 Å². The number of hydrogen-bond acceptors (Lipinski definition) is 6. The van der Waals surface area contributed by atoms with Gasteiger partial charge in [-0.05, 0) is 71.3 Å². The number of ether oxygens (including phenoxy) is 3. The molecule has 1 rings (SSSR count). The number of carbonyl (C=O) groups excluding carboxylic acids is 3. The fraction of sp³-hybridized carbons (Fsp3) is 0.512. The van der Waals surface area contributed by atoms with E-state index >= 15 is 0 Å². The zero-order valence-electron chi connectivity index (χ0n) is 32.9. The smallest absolute Gasteiger partial charge is 0.334 e. The molecule has 282 valence electrons. The van der Waals surface area contributed by atoms with Crippen molar-refractivity contribution in [1.29, 1.82) is 0 Å². The van der Waals surface area contributed by atoms with Crippen molar-refractivity contribution in [3.05, 3.63) is 107 Å². The van der Waals surface area contributed by atoms with Gasteiger partial charge in [0.2, 0.25) is 12.3 Å². The van der Waals surface area contributed by atoms with E-state index in [4.69, 9.17) is 14.2 Å². The van der Waals surface area contributed by atoms with E-state index in [0.29, 0.717) is 18.5 Å². The highest BCUT2D eigenvalue weighted by Crippen LogP contribution is 2.21. The second-order valence-corrected chi connectivity index (χ2v) is 13.8. The van der Waals surface area contributed by atoms with E-state index in [0.717, 1.165) is 36.0 Å². The quantitative estimate of drug-likeness (QED) is 0.135. The number of esters is 1. The van der Waals surface area contributed by atoms with Gasteiger partial charge < -0.3 is 24.8 Å². The number of hydrogen-bond donors (Lipinski definition) is 2. The van der Waals surface area contributed by atoms with Gasteiger partial charge in [0.05, 0.1) is 12.2 Å². The normalized spacial score (nSPS) is 30.1. The summed E-state index contributed by atoms with van der Waals surface area (Å²) >= 11 is 0. The summed E-state index contributed by atoms with van der Waals surface area (Å²) in [6.07, 6.45) is 28.9. The fourth-order valence-electron chi connectivity index (χ4n) is 5.39. The van der Waals surface area contributed by atoms with Crippen molar-refractivity contribution in [2.75, 3.05) is 20.8 Å². The Hall–Kier alpha value is -4.01. The van der Waals surface area contributed by atoms with Crippen LogP contribution < -0.4 is 10.6 Å². The van der Waals surface area contributed by atoms with Gasteiger partial charge >= 0.3 is 5.97 Å². The zero-order valence-corrected chi connectivity index (χ0v) is 32.9. The summed E-state index contributed by atoms with van der Waals surface area (Å²) in [5.74, 6) is -0.801. The van der Waals surface area contributed by atoms with Crippen LogP contribution in [0.25, 0.3) is 0 Å². The third-order valence-corrected chi connectivity index (χ3v) is 8.60. The molecule has 8 nitrogen and oxygen atoms in total. The molecule has 0 unspecified atom stereocenters. The van der Waals surface area contributed by atoms with E-state index in [9.17, 15) is 14.4 Å². The molecule has 0 bridgehead atoms. The Morgan fingerprint density at radius 1 is 0.961 bits per heavy atom. The predicted octanol–water partition coefficient (Wildman–Crippen LogP) is 8.23. The van der Waals surface area contributed by atoms with Crippen molar-refractivity contribution in [2.24, 2.45) is 17.8 Å². The Balaban J connectivity index is 3.40. The molecule has 6 atom stereocenters. The maximum Gasteiger partial charge on any atom is 0.334 e. The Kier molecular flexibility index (Phi) is 22.1. The molecule has 0 saturated carbocycles.